The number of hydrogen-bond donors (Lipinski definition) is 1. The molecular weight excluding hydrogens is 268 g/mol. The molecule has 0 aliphatic carbocycles. The third kappa shape index (κ3) is 3.14. The van der Waals surface area contributed by atoms with Gasteiger partial charge in [0.25, 0.3) is 5.69 Å². The molecule has 2 aromatic carbocycles. The molecule has 98 valence electrons. The molecule has 5 nitrogen and oxygen atoms in total. The van der Waals surface area contributed by atoms with Crippen LogP contribution in [0.5, 0.6) is 11.5 Å². The number of benzene rings is 2. The molecular formula is C13H11ClN2O3. The highest BCUT2D eigenvalue weighted by Crippen LogP contribution is 2.31. The van der Waals surface area contributed by atoms with Crippen molar-refractivity contribution in [1.29, 1.82) is 0 Å². The Labute approximate surface area is 114 Å². The van der Waals surface area contributed by atoms with Crippen LogP contribution >= 0.6 is 11.6 Å². The van der Waals surface area contributed by atoms with E-state index in [9.17, 15) is 10.1 Å². The summed E-state index contributed by atoms with van der Waals surface area (Å²) in [6.07, 6.45) is 0. The number of nitrogens with two attached hydrogens (primary N) is 1. The maximum atomic E-state index is 10.8. The molecule has 0 saturated carbocycles. The lowest BCUT2D eigenvalue weighted by molar-refractivity contribution is -0.384. The zero-order chi connectivity index (χ0) is 14.0. The molecule has 0 aliphatic rings. The summed E-state index contributed by atoms with van der Waals surface area (Å²) in [6.45, 7) is 1.85. The van der Waals surface area contributed by atoms with Crippen LogP contribution in [0, 0.1) is 17.0 Å². The largest absolute Gasteiger partial charge is 0.457 e. The van der Waals surface area contributed by atoms with E-state index in [1.807, 2.05) is 6.92 Å². The lowest BCUT2D eigenvalue weighted by Crippen LogP contribution is -1.94. The van der Waals surface area contributed by atoms with E-state index in [-0.39, 0.29) is 11.4 Å². The van der Waals surface area contributed by atoms with Crippen LogP contribution in [0.15, 0.2) is 36.4 Å². The summed E-state index contributed by atoms with van der Waals surface area (Å²) in [5.74, 6) is 0.837. The normalized spacial score (nSPS) is 10.2. The Morgan fingerprint density at radius 1 is 1.26 bits per heavy atom. The van der Waals surface area contributed by atoms with Crippen molar-refractivity contribution in [1.82, 2.24) is 0 Å². The van der Waals surface area contributed by atoms with Crippen molar-refractivity contribution in [3.63, 3.8) is 0 Å². The molecule has 0 atom stereocenters. The first kappa shape index (κ1) is 13.2. The topological polar surface area (TPSA) is 78.4 Å². The quantitative estimate of drug-likeness (QED) is 0.524. The third-order valence-electron chi connectivity index (χ3n) is 2.50. The van der Waals surface area contributed by atoms with Crippen molar-refractivity contribution in [3.8, 4) is 11.5 Å². The first-order valence-corrected chi connectivity index (χ1v) is 5.82. The van der Waals surface area contributed by atoms with Crippen LogP contribution < -0.4 is 10.5 Å². The molecule has 0 amide bonds. The number of nitro benzene ring substituents is 1. The first-order chi connectivity index (χ1) is 8.95. The van der Waals surface area contributed by atoms with Crippen LogP contribution in [0.3, 0.4) is 0 Å². The van der Waals surface area contributed by atoms with E-state index >= 15 is 0 Å². The zero-order valence-corrected chi connectivity index (χ0v) is 10.8. The molecule has 0 radical (unpaired) electrons. The van der Waals surface area contributed by atoms with Gasteiger partial charge >= 0.3 is 0 Å². The summed E-state index contributed by atoms with van der Waals surface area (Å²) < 4.78 is 5.59. The van der Waals surface area contributed by atoms with Crippen molar-refractivity contribution < 1.29 is 9.66 Å². The lowest BCUT2D eigenvalue weighted by Gasteiger charge is -2.09. The molecule has 2 rings (SSSR count). The highest BCUT2D eigenvalue weighted by atomic mass is 35.5. The van der Waals surface area contributed by atoms with Crippen molar-refractivity contribution in [3.05, 3.63) is 57.1 Å². The number of aryl methyl sites for hydroxylation is 1. The average molecular weight is 279 g/mol. The molecule has 0 heterocycles. The molecule has 2 aromatic rings. The predicted molar refractivity (Wildman–Crippen MR) is 73.8 cm³/mol. The number of nitrogens with zero attached hydrogens (tertiary/aromatic N) is 1. The van der Waals surface area contributed by atoms with Crippen molar-refractivity contribution in [2.24, 2.45) is 0 Å². The van der Waals surface area contributed by atoms with Gasteiger partial charge in [0.1, 0.15) is 11.5 Å². The van der Waals surface area contributed by atoms with Gasteiger partial charge in [-0.15, -0.1) is 0 Å². The van der Waals surface area contributed by atoms with Gasteiger partial charge in [-0.1, -0.05) is 17.7 Å². The van der Waals surface area contributed by atoms with E-state index in [0.29, 0.717) is 16.5 Å². The Hall–Kier alpha value is -2.27. The summed E-state index contributed by atoms with van der Waals surface area (Å²) >= 11 is 5.88. The number of nitrogen functional groups attached to an aromatic ring is 1. The standard InChI is InChI=1S/C13H11ClN2O3/c1-8-2-3-9(14)4-13(8)19-12-6-10(15)5-11(7-12)16(17)18/h2-7H,15H2,1H3. The van der Waals surface area contributed by atoms with Gasteiger partial charge in [-0.25, -0.2) is 0 Å². The molecule has 0 fully saturated rings. The van der Waals surface area contributed by atoms with Crippen LogP contribution in [0.2, 0.25) is 5.02 Å². The van der Waals surface area contributed by atoms with E-state index in [1.165, 1.54) is 18.2 Å². The number of hydrogen-bond acceptors (Lipinski definition) is 4. The van der Waals surface area contributed by atoms with Gasteiger partial charge in [-0.2, -0.15) is 0 Å². The number of ether oxygens (including phenoxy) is 1. The fourth-order valence-electron chi connectivity index (χ4n) is 1.58. The van der Waals surface area contributed by atoms with Gasteiger partial charge in [0, 0.05) is 22.8 Å². The van der Waals surface area contributed by atoms with Gasteiger partial charge < -0.3 is 10.5 Å². The number of nitro groups is 1. The Bertz CT molecular complexity index is 644. The Morgan fingerprint density at radius 2 is 2.00 bits per heavy atom. The molecule has 0 aliphatic heterocycles. The van der Waals surface area contributed by atoms with Gasteiger partial charge in [0.15, 0.2) is 0 Å². The molecule has 0 aromatic heterocycles. The molecule has 6 heteroatoms. The zero-order valence-electron chi connectivity index (χ0n) is 10.1. The average Bonchev–Trinajstić information content (AvgIpc) is 2.33. The van der Waals surface area contributed by atoms with Crippen LogP contribution in [0.1, 0.15) is 5.56 Å². The van der Waals surface area contributed by atoms with Crippen LogP contribution in [-0.4, -0.2) is 4.92 Å². The lowest BCUT2D eigenvalue weighted by atomic mass is 10.2. The second-order valence-electron chi connectivity index (χ2n) is 4.03. The van der Waals surface area contributed by atoms with E-state index in [0.717, 1.165) is 5.56 Å². The summed E-state index contributed by atoms with van der Waals surface area (Å²) in [6, 6.07) is 9.30. The van der Waals surface area contributed by atoms with Gasteiger partial charge in [0.2, 0.25) is 0 Å². The summed E-state index contributed by atoms with van der Waals surface area (Å²) in [5.41, 5.74) is 6.63. The molecule has 2 N–H and O–H groups in total. The minimum absolute atomic E-state index is 0.116. The Kier molecular flexibility index (Phi) is 3.57. The smallest absolute Gasteiger partial charge is 0.275 e. The Morgan fingerprint density at radius 3 is 2.68 bits per heavy atom. The fourth-order valence-corrected chi connectivity index (χ4v) is 1.74. The summed E-state index contributed by atoms with van der Waals surface area (Å²) in [7, 11) is 0. The van der Waals surface area contributed by atoms with E-state index in [2.05, 4.69) is 0 Å². The molecule has 0 spiro atoms. The molecule has 0 bridgehead atoms. The summed E-state index contributed by atoms with van der Waals surface area (Å²) in [4.78, 5) is 10.2. The fraction of sp³-hybridized carbons (Fsp3) is 0.0769. The second-order valence-corrected chi connectivity index (χ2v) is 4.47. The number of halogens is 1. The Balaban J connectivity index is 2.38. The van der Waals surface area contributed by atoms with Crippen LogP contribution in [-0.2, 0) is 0 Å². The number of non-ortho nitro benzene ring substituents is 1. The highest BCUT2D eigenvalue weighted by molar-refractivity contribution is 6.30. The van der Waals surface area contributed by atoms with E-state index in [1.54, 1.807) is 18.2 Å². The predicted octanol–water partition coefficient (Wildman–Crippen LogP) is 3.93. The van der Waals surface area contributed by atoms with Gasteiger partial charge in [-0.3, -0.25) is 10.1 Å². The number of anilines is 1. The second kappa shape index (κ2) is 5.16. The molecule has 0 saturated heterocycles. The van der Waals surface area contributed by atoms with E-state index < -0.39 is 4.92 Å². The van der Waals surface area contributed by atoms with Gasteiger partial charge in [0.05, 0.1) is 11.0 Å². The van der Waals surface area contributed by atoms with Crippen LogP contribution in [0.4, 0.5) is 11.4 Å². The maximum Gasteiger partial charge on any atom is 0.275 e. The summed E-state index contributed by atoms with van der Waals surface area (Å²) in [5, 5.41) is 11.3. The number of rotatable bonds is 3. The minimum Gasteiger partial charge on any atom is -0.457 e. The first-order valence-electron chi connectivity index (χ1n) is 5.44. The minimum atomic E-state index is -0.520. The van der Waals surface area contributed by atoms with Crippen molar-refractivity contribution in [2.75, 3.05) is 5.73 Å². The molecule has 19 heavy (non-hydrogen) atoms. The monoisotopic (exact) mass is 278 g/mol. The third-order valence-corrected chi connectivity index (χ3v) is 2.74. The SMILES string of the molecule is Cc1ccc(Cl)cc1Oc1cc(N)cc([N+](=O)[O-])c1. The van der Waals surface area contributed by atoms with Gasteiger partial charge in [-0.05, 0) is 24.6 Å². The maximum absolute atomic E-state index is 10.8. The van der Waals surface area contributed by atoms with Crippen molar-refractivity contribution >= 4 is 23.0 Å². The van der Waals surface area contributed by atoms with E-state index in [4.69, 9.17) is 22.1 Å². The highest BCUT2D eigenvalue weighted by Gasteiger charge is 2.11. The van der Waals surface area contributed by atoms with Crippen molar-refractivity contribution in [2.45, 2.75) is 6.92 Å². The molecule has 0 unspecified atom stereocenters. The van der Waals surface area contributed by atoms with Crippen LogP contribution in [0.25, 0.3) is 0 Å².